The van der Waals surface area contributed by atoms with Gasteiger partial charge in [0.05, 0.1) is 0 Å². The summed E-state index contributed by atoms with van der Waals surface area (Å²) in [6.45, 7) is 0. The predicted molar refractivity (Wildman–Crippen MR) is 84.1 cm³/mol. The van der Waals surface area contributed by atoms with E-state index in [1.807, 2.05) is 6.07 Å². The van der Waals surface area contributed by atoms with Crippen LogP contribution in [0.5, 0.6) is 0 Å². The van der Waals surface area contributed by atoms with E-state index in [1.54, 1.807) is 18.4 Å². The number of benzene rings is 1. The van der Waals surface area contributed by atoms with Crippen LogP contribution in [0.3, 0.4) is 0 Å². The third kappa shape index (κ3) is 2.87. The minimum absolute atomic E-state index is 0.199. The molecule has 0 unspecified atom stereocenters. The highest BCUT2D eigenvalue weighted by Crippen LogP contribution is 2.41. The van der Waals surface area contributed by atoms with Crippen molar-refractivity contribution in [3.05, 3.63) is 35.9 Å². The van der Waals surface area contributed by atoms with Gasteiger partial charge in [-0.05, 0) is 43.6 Å². The quantitative estimate of drug-likeness (QED) is 0.856. The van der Waals surface area contributed by atoms with E-state index >= 15 is 0 Å². The molecule has 2 aliphatic rings. The molecule has 116 valence electrons. The van der Waals surface area contributed by atoms with Gasteiger partial charge < -0.3 is 0 Å². The molecule has 0 saturated carbocycles. The van der Waals surface area contributed by atoms with Gasteiger partial charge in [0, 0.05) is 26.2 Å². The van der Waals surface area contributed by atoms with Crippen LogP contribution in [0.25, 0.3) is 0 Å². The molecule has 0 aromatic heterocycles. The van der Waals surface area contributed by atoms with Crippen LogP contribution in [-0.4, -0.2) is 43.2 Å². The second-order valence-electron chi connectivity index (χ2n) is 6.53. The Hall–Kier alpha value is -0.910. The van der Waals surface area contributed by atoms with Gasteiger partial charge in [-0.25, -0.2) is 0 Å². The highest BCUT2D eigenvalue weighted by Gasteiger charge is 2.47. The zero-order valence-corrected chi connectivity index (χ0v) is 13.6. The molecule has 2 aliphatic heterocycles. The molecule has 4 nitrogen and oxygen atoms in total. The monoisotopic (exact) mass is 308 g/mol. The highest BCUT2D eigenvalue weighted by molar-refractivity contribution is 7.86. The molecule has 0 spiro atoms. The smallest absolute Gasteiger partial charge is 0.195 e. The summed E-state index contributed by atoms with van der Waals surface area (Å²) in [5, 5.41) is 0. The van der Waals surface area contributed by atoms with E-state index in [2.05, 4.69) is 24.3 Å². The number of hydrogen-bond donors (Lipinski definition) is 0. The third-order valence-corrected chi connectivity index (χ3v) is 6.91. The van der Waals surface area contributed by atoms with Crippen molar-refractivity contribution in [2.75, 3.05) is 14.1 Å². The van der Waals surface area contributed by atoms with Gasteiger partial charge in [-0.1, -0.05) is 30.3 Å². The fraction of sp³-hybridized carbons (Fsp3) is 0.625. The number of rotatable bonds is 4. The molecule has 2 heterocycles. The molecule has 2 atom stereocenters. The lowest BCUT2D eigenvalue weighted by molar-refractivity contribution is 0.182. The molecule has 5 heteroatoms. The summed E-state index contributed by atoms with van der Waals surface area (Å²) in [5.74, 6) is 0.610. The van der Waals surface area contributed by atoms with Crippen molar-refractivity contribution >= 4 is 10.2 Å². The Morgan fingerprint density at radius 3 is 2.19 bits per heavy atom. The van der Waals surface area contributed by atoms with Crippen LogP contribution in [0.2, 0.25) is 0 Å². The van der Waals surface area contributed by atoms with E-state index in [4.69, 9.17) is 0 Å². The zero-order valence-electron chi connectivity index (χ0n) is 12.8. The third-order valence-electron chi connectivity index (χ3n) is 4.86. The van der Waals surface area contributed by atoms with Gasteiger partial charge in [-0.2, -0.15) is 17.0 Å². The molecule has 2 fully saturated rings. The summed E-state index contributed by atoms with van der Waals surface area (Å²) >= 11 is 0. The van der Waals surface area contributed by atoms with E-state index in [-0.39, 0.29) is 12.1 Å². The molecule has 0 aliphatic carbocycles. The molecule has 0 amide bonds. The number of nitrogens with zero attached hydrogens (tertiary/aromatic N) is 2. The van der Waals surface area contributed by atoms with Crippen LogP contribution in [0, 0.1) is 5.92 Å². The second-order valence-corrected chi connectivity index (χ2v) is 8.58. The summed E-state index contributed by atoms with van der Waals surface area (Å²) in [6.07, 6.45) is 5.10. The summed E-state index contributed by atoms with van der Waals surface area (Å²) in [4.78, 5) is 0. The van der Waals surface area contributed by atoms with Crippen LogP contribution in [0.15, 0.2) is 30.3 Å². The Balaban J connectivity index is 1.72. The molecule has 3 rings (SSSR count). The van der Waals surface area contributed by atoms with Crippen LogP contribution in [-0.2, 0) is 16.6 Å². The van der Waals surface area contributed by atoms with Crippen molar-refractivity contribution in [2.45, 2.75) is 44.2 Å². The number of fused-ring (bicyclic) bond motifs is 2. The van der Waals surface area contributed by atoms with Crippen molar-refractivity contribution < 1.29 is 8.42 Å². The first-order valence-corrected chi connectivity index (χ1v) is 9.13. The zero-order chi connectivity index (χ0) is 15.0. The van der Waals surface area contributed by atoms with Crippen molar-refractivity contribution in [1.29, 1.82) is 0 Å². The summed E-state index contributed by atoms with van der Waals surface area (Å²) in [6, 6.07) is 10.9. The average Bonchev–Trinajstić information content (AvgIpc) is 2.73. The minimum Gasteiger partial charge on any atom is -0.195 e. The second kappa shape index (κ2) is 5.71. The van der Waals surface area contributed by atoms with Gasteiger partial charge in [0.1, 0.15) is 0 Å². The maximum atomic E-state index is 12.5. The Morgan fingerprint density at radius 2 is 1.67 bits per heavy atom. The van der Waals surface area contributed by atoms with E-state index in [9.17, 15) is 8.42 Å². The average molecular weight is 308 g/mol. The molecule has 21 heavy (non-hydrogen) atoms. The van der Waals surface area contributed by atoms with Gasteiger partial charge in [0.2, 0.25) is 0 Å². The highest BCUT2D eigenvalue weighted by atomic mass is 32.2. The van der Waals surface area contributed by atoms with E-state index in [0.29, 0.717) is 5.92 Å². The van der Waals surface area contributed by atoms with E-state index < -0.39 is 10.2 Å². The van der Waals surface area contributed by atoms with Gasteiger partial charge in [-0.15, -0.1) is 0 Å². The normalized spacial score (nSPS) is 30.0. The first-order chi connectivity index (χ1) is 9.98. The molecular weight excluding hydrogens is 284 g/mol. The Labute approximate surface area is 127 Å². The molecular formula is C16H24N2O2S. The van der Waals surface area contributed by atoms with Gasteiger partial charge >= 0.3 is 0 Å². The largest absolute Gasteiger partial charge is 0.281 e. The van der Waals surface area contributed by atoms with Crippen molar-refractivity contribution in [1.82, 2.24) is 8.61 Å². The molecule has 2 bridgehead atoms. The van der Waals surface area contributed by atoms with Crippen LogP contribution < -0.4 is 0 Å². The summed E-state index contributed by atoms with van der Waals surface area (Å²) in [5.41, 5.74) is 1.37. The van der Waals surface area contributed by atoms with Crippen molar-refractivity contribution in [3.8, 4) is 0 Å². The fourth-order valence-electron chi connectivity index (χ4n) is 3.93. The molecule has 0 N–H and O–H groups in total. The number of piperidine rings is 1. The maximum Gasteiger partial charge on any atom is 0.281 e. The van der Waals surface area contributed by atoms with Crippen LogP contribution >= 0.6 is 0 Å². The first-order valence-electron chi connectivity index (χ1n) is 7.73. The molecule has 1 aromatic rings. The van der Waals surface area contributed by atoms with Crippen molar-refractivity contribution in [3.63, 3.8) is 0 Å². The van der Waals surface area contributed by atoms with Crippen LogP contribution in [0.4, 0.5) is 0 Å². The molecule has 2 saturated heterocycles. The lowest BCUT2D eigenvalue weighted by Crippen LogP contribution is -2.50. The SMILES string of the molecule is CN(C)S(=O)(=O)N1[C@H]2CC[C@H]1CC(Cc1ccccc1)C2. The summed E-state index contributed by atoms with van der Waals surface area (Å²) in [7, 11) is -0.00586. The van der Waals surface area contributed by atoms with E-state index in [0.717, 1.165) is 32.1 Å². The number of hydrogen-bond acceptors (Lipinski definition) is 2. The van der Waals surface area contributed by atoms with Crippen LogP contribution in [0.1, 0.15) is 31.2 Å². The molecule has 1 aromatic carbocycles. The fourth-order valence-corrected chi connectivity index (χ4v) is 5.44. The lowest BCUT2D eigenvalue weighted by Gasteiger charge is -2.39. The van der Waals surface area contributed by atoms with E-state index in [1.165, 1.54) is 9.87 Å². The van der Waals surface area contributed by atoms with Gasteiger partial charge in [0.15, 0.2) is 0 Å². The Bertz CT molecular complexity index is 572. The summed E-state index contributed by atoms with van der Waals surface area (Å²) < 4.78 is 28.1. The Kier molecular flexibility index (Phi) is 4.08. The topological polar surface area (TPSA) is 40.6 Å². The molecule has 0 radical (unpaired) electrons. The standard InChI is InChI=1S/C16H24N2O2S/c1-17(2)21(19,20)18-15-8-9-16(18)12-14(11-15)10-13-6-4-3-5-7-13/h3-7,14-16H,8-12H2,1-2H3/t15-,16-/m0/s1. The van der Waals surface area contributed by atoms with Gasteiger partial charge in [0.25, 0.3) is 10.2 Å². The first kappa shape index (κ1) is 15.0. The van der Waals surface area contributed by atoms with Crippen molar-refractivity contribution in [2.24, 2.45) is 5.92 Å². The predicted octanol–water partition coefficient (Wildman–Crippen LogP) is 2.28. The Morgan fingerprint density at radius 1 is 1.10 bits per heavy atom. The maximum absolute atomic E-state index is 12.5. The van der Waals surface area contributed by atoms with Gasteiger partial charge in [-0.3, -0.25) is 0 Å². The minimum atomic E-state index is -3.27. The lowest BCUT2D eigenvalue weighted by atomic mass is 9.87.